The van der Waals surface area contributed by atoms with E-state index < -0.39 is 0 Å². The molecule has 1 atom stereocenters. The van der Waals surface area contributed by atoms with E-state index in [0.29, 0.717) is 13.1 Å². The largest absolute Gasteiger partial charge is 0.329 e. The van der Waals surface area contributed by atoms with Crippen molar-refractivity contribution in [2.24, 2.45) is 5.73 Å². The predicted octanol–water partition coefficient (Wildman–Crippen LogP) is 1.09. The summed E-state index contributed by atoms with van der Waals surface area (Å²) in [5.74, 6) is 2.55. The van der Waals surface area contributed by atoms with E-state index in [1.54, 1.807) is 0 Å². The van der Waals surface area contributed by atoms with Crippen LogP contribution in [0.2, 0.25) is 0 Å². The smallest absolute Gasteiger partial charge is 0.0645 e. The molecule has 18 heavy (non-hydrogen) atoms. The van der Waals surface area contributed by atoms with Gasteiger partial charge in [0.2, 0.25) is 0 Å². The average molecular weight is 240 g/mol. The maximum absolute atomic E-state index is 5.73. The Balaban J connectivity index is 2.17. The molecule has 4 heteroatoms. The summed E-state index contributed by atoms with van der Waals surface area (Å²) >= 11 is 0. The van der Waals surface area contributed by atoms with E-state index in [1.165, 1.54) is 0 Å². The number of rotatable bonds is 5. The van der Waals surface area contributed by atoms with E-state index in [9.17, 15) is 0 Å². The normalized spacial score (nSPS) is 12.0. The summed E-state index contributed by atoms with van der Waals surface area (Å²) < 4.78 is 1.83. The molecule has 0 radical (unpaired) electrons. The Morgan fingerprint density at radius 1 is 1.39 bits per heavy atom. The van der Waals surface area contributed by atoms with Crippen molar-refractivity contribution in [1.82, 2.24) is 15.1 Å². The maximum Gasteiger partial charge on any atom is 0.0645 e. The molecule has 1 aromatic carbocycles. The van der Waals surface area contributed by atoms with Crippen LogP contribution in [-0.4, -0.2) is 22.9 Å². The second kappa shape index (κ2) is 6.01. The topological polar surface area (TPSA) is 55.9 Å². The van der Waals surface area contributed by atoms with Gasteiger partial charge < -0.3 is 5.73 Å². The zero-order chi connectivity index (χ0) is 12.8. The van der Waals surface area contributed by atoms with Gasteiger partial charge in [0.25, 0.3) is 0 Å². The average Bonchev–Trinajstić information content (AvgIpc) is 2.90. The first kappa shape index (κ1) is 12.4. The highest BCUT2D eigenvalue weighted by Crippen LogP contribution is 2.13. The highest BCUT2D eigenvalue weighted by atomic mass is 15.3. The zero-order valence-corrected chi connectivity index (χ0v) is 10.1. The van der Waals surface area contributed by atoms with Gasteiger partial charge in [0.15, 0.2) is 0 Å². The van der Waals surface area contributed by atoms with Gasteiger partial charge in [-0.25, -0.2) is 4.68 Å². The van der Waals surface area contributed by atoms with Gasteiger partial charge in [-0.2, -0.15) is 5.10 Å². The number of benzene rings is 1. The van der Waals surface area contributed by atoms with Crippen molar-refractivity contribution >= 4 is 0 Å². The lowest BCUT2D eigenvalue weighted by Crippen LogP contribution is -2.28. The predicted molar refractivity (Wildman–Crippen MR) is 72.2 cm³/mol. The first-order valence-corrected chi connectivity index (χ1v) is 5.82. The molecule has 4 nitrogen and oxygen atoms in total. The molecule has 92 valence electrons. The third kappa shape index (κ3) is 2.77. The van der Waals surface area contributed by atoms with Crippen LogP contribution in [0.4, 0.5) is 0 Å². The molecule has 0 fully saturated rings. The summed E-state index contributed by atoms with van der Waals surface area (Å²) in [7, 11) is 0. The minimum Gasteiger partial charge on any atom is -0.329 e. The molecule has 0 saturated carbocycles. The van der Waals surface area contributed by atoms with Gasteiger partial charge in [0, 0.05) is 24.3 Å². The van der Waals surface area contributed by atoms with Gasteiger partial charge in [-0.1, -0.05) is 24.1 Å². The van der Waals surface area contributed by atoms with E-state index in [0.717, 1.165) is 11.3 Å². The van der Waals surface area contributed by atoms with Crippen LogP contribution in [0.15, 0.2) is 42.7 Å². The fraction of sp³-hybridized carbons (Fsp3) is 0.214. The molecule has 0 aliphatic rings. The Bertz CT molecular complexity index is 524. The van der Waals surface area contributed by atoms with E-state index in [-0.39, 0.29) is 6.04 Å². The lowest BCUT2D eigenvalue weighted by atomic mass is 10.1. The summed E-state index contributed by atoms with van der Waals surface area (Å²) in [5.41, 5.74) is 7.79. The quantitative estimate of drug-likeness (QED) is 0.769. The fourth-order valence-electron chi connectivity index (χ4n) is 1.76. The Kier molecular flexibility index (Phi) is 4.13. The molecule has 2 rings (SSSR count). The van der Waals surface area contributed by atoms with Gasteiger partial charge in [-0.05, 0) is 12.1 Å². The van der Waals surface area contributed by atoms with Crippen LogP contribution in [-0.2, 0) is 0 Å². The first-order chi connectivity index (χ1) is 8.85. The van der Waals surface area contributed by atoms with Crippen molar-refractivity contribution in [3.05, 3.63) is 48.3 Å². The van der Waals surface area contributed by atoms with E-state index in [2.05, 4.69) is 16.3 Å². The molecule has 0 saturated heterocycles. The van der Waals surface area contributed by atoms with Crippen molar-refractivity contribution in [1.29, 1.82) is 0 Å². The van der Waals surface area contributed by atoms with Crippen LogP contribution in [0.1, 0.15) is 11.6 Å². The van der Waals surface area contributed by atoms with Gasteiger partial charge in [-0.3, -0.25) is 5.32 Å². The van der Waals surface area contributed by atoms with Crippen LogP contribution in [0, 0.1) is 12.3 Å². The van der Waals surface area contributed by atoms with Crippen molar-refractivity contribution in [3.8, 4) is 18.0 Å². The number of hydrogen-bond donors (Lipinski definition) is 2. The molecule has 0 spiro atoms. The Morgan fingerprint density at radius 2 is 2.17 bits per heavy atom. The third-order valence-electron chi connectivity index (χ3n) is 2.71. The van der Waals surface area contributed by atoms with E-state index >= 15 is 0 Å². The molecule has 0 aliphatic carbocycles. The molecule has 2 aromatic rings. The minimum absolute atomic E-state index is 0.0403. The SMILES string of the molecule is C#CCNC(CN)c1cnn(-c2ccccc2)c1. The summed E-state index contributed by atoms with van der Waals surface area (Å²) in [6.45, 7) is 0.987. The van der Waals surface area contributed by atoms with E-state index in [4.69, 9.17) is 12.2 Å². The molecular weight excluding hydrogens is 224 g/mol. The molecule has 0 amide bonds. The van der Waals surface area contributed by atoms with Crippen molar-refractivity contribution in [2.45, 2.75) is 6.04 Å². The molecular formula is C14H16N4. The fourth-order valence-corrected chi connectivity index (χ4v) is 1.76. The molecule has 3 N–H and O–H groups in total. The van der Waals surface area contributed by atoms with Crippen molar-refractivity contribution in [3.63, 3.8) is 0 Å². The number of nitrogens with zero attached hydrogens (tertiary/aromatic N) is 2. The molecule has 0 bridgehead atoms. The van der Waals surface area contributed by atoms with Gasteiger partial charge in [0.05, 0.1) is 18.4 Å². The summed E-state index contributed by atoms with van der Waals surface area (Å²) in [4.78, 5) is 0. The zero-order valence-electron chi connectivity index (χ0n) is 10.1. The third-order valence-corrected chi connectivity index (χ3v) is 2.71. The van der Waals surface area contributed by atoms with Gasteiger partial charge in [-0.15, -0.1) is 6.42 Å². The standard InChI is InChI=1S/C14H16N4/c1-2-8-16-14(9-15)12-10-17-18(11-12)13-6-4-3-5-7-13/h1,3-7,10-11,14,16H,8-9,15H2. The van der Waals surface area contributed by atoms with Crippen LogP contribution < -0.4 is 11.1 Å². The van der Waals surface area contributed by atoms with Crippen LogP contribution in [0.3, 0.4) is 0 Å². The van der Waals surface area contributed by atoms with Crippen molar-refractivity contribution in [2.75, 3.05) is 13.1 Å². The monoisotopic (exact) mass is 240 g/mol. The summed E-state index contributed by atoms with van der Waals surface area (Å²) in [6.07, 6.45) is 9.01. The summed E-state index contributed by atoms with van der Waals surface area (Å²) in [5, 5.41) is 7.52. The number of aromatic nitrogens is 2. The Labute approximate surface area is 107 Å². The van der Waals surface area contributed by atoms with Crippen LogP contribution in [0.5, 0.6) is 0 Å². The molecule has 0 aliphatic heterocycles. The summed E-state index contributed by atoms with van der Waals surface area (Å²) in [6, 6.07) is 9.98. The lowest BCUT2D eigenvalue weighted by molar-refractivity contribution is 0.582. The van der Waals surface area contributed by atoms with Crippen LogP contribution in [0.25, 0.3) is 5.69 Å². The number of para-hydroxylation sites is 1. The Hall–Kier alpha value is -2.09. The molecule has 1 unspecified atom stereocenters. The second-order valence-corrected chi connectivity index (χ2v) is 3.93. The maximum atomic E-state index is 5.73. The number of nitrogens with one attached hydrogen (secondary N) is 1. The highest BCUT2D eigenvalue weighted by Gasteiger charge is 2.11. The molecule has 1 aromatic heterocycles. The highest BCUT2D eigenvalue weighted by molar-refractivity contribution is 5.31. The van der Waals surface area contributed by atoms with Crippen molar-refractivity contribution < 1.29 is 0 Å². The molecule has 1 heterocycles. The van der Waals surface area contributed by atoms with Crippen LogP contribution >= 0.6 is 0 Å². The number of terminal acetylenes is 1. The lowest BCUT2D eigenvalue weighted by Gasteiger charge is -2.12. The Morgan fingerprint density at radius 3 is 2.83 bits per heavy atom. The van der Waals surface area contributed by atoms with Gasteiger partial charge in [0.1, 0.15) is 0 Å². The number of nitrogens with two attached hydrogens (primary N) is 1. The van der Waals surface area contributed by atoms with E-state index in [1.807, 2.05) is 47.4 Å². The minimum atomic E-state index is 0.0403. The number of hydrogen-bond acceptors (Lipinski definition) is 3. The first-order valence-electron chi connectivity index (χ1n) is 5.82. The van der Waals surface area contributed by atoms with Gasteiger partial charge >= 0.3 is 0 Å². The second-order valence-electron chi connectivity index (χ2n) is 3.93.